The van der Waals surface area contributed by atoms with Gasteiger partial charge in [0.25, 0.3) is 0 Å². The highest BCUT2D eigenvalue weighted by Crippen LogP contribution is 2.08. The largest absolute Gasteiger partial charge is 0.387 e. The van der Waals surface area contributed by atoms with E-state index in [1.54, 1.807) is 0 Å². The molecule has 0 amide bonds. The first-order valence-corrected chi connectivity index (χ1v) is 5.93. The normalized spacial score (nSPS) is 23.9. The second-order valence-corrected chi connectivity index (χ2v) is 3.86. The summed E-state index contributed by atoms with van der Waals surface area (Å²) in [5.41, 5.74) is 1.20. The monoisotopic (exact) mass is 208 g/mol. The number of aliphatic imine (C=N–C) groups is 1. The third-order valence-electron chi connectivity index (χ3n) is 2.19. The van der Waals surface area contributed by atoms with E-state index in [1.165, 1.54) is 5.70 Å². The molecular formula is C13H24N2. The lowest BCUT2D eigenvalue weighted by molar-refractivity contribution is 0.579. The van der Waals surface area contributed by atoms with Crippen LogP contribution < -0.4 is 5.32 Å². The van der Waals surface area contributed by atoms with Crippen LogP contribution in [0.15, 0.2) is 23.0 Å². The standard InChI is InChI=1S/C11H18N2.C2H6/c1-9(2)11-8-12-6-4-10(3)5-7-13-11;1-2/h4,8-10,13H,5,7H2,1-3H3;1-2H3/b11-8-;. The predicted octanol–water partition coefficient (Wildman–Crippen LogP) is 3.37. The fourth-order valence-electron chi connectivity index (χ4n) is 1.20. The lowest BCUT2D eigenvalue weighted by Gasteiger charge is -2.13. The van der Waals surface area contributed by atoms with Gasteiger partial charge in [-0.05, 0) is 30.2 Å². The zero-order valence-electron chi connectivity index (χ0n) is 10.7. The Balaban J connectivity index is 0.000000921. The molecule has 0 aromatic carbocycles. The van der Waals surface area contributed by atoms with Gasteiger partial charge < -0.3 is 5.32 Å². The van der Waals surface area contributed by atoms with Crippen molar-refractivity contribution in [3.63, 3.8) is 0 Å². The van der Waals surface area contributed by atoms with Crippen molar-refractivity contribution in [3.05, 3.63) is 18.0 Å². The molecule has 0 spiro atoms. The van der Waals surface area contributed by atoms with Crippen LogP contribution in [-0.4, -0.2) is 12.4 Å². The quantitative estimate of drug-likeness (QED) is 0.702. The van der Waals surface area contributed by atoms with E-state index in [-0.39, 0.29) is 0 Å². The fraction of sp³-hybridized carbons (Fsp3) is 0.692. The molecule has 1 rings (SSSR count). The van der Waals surface area contributed by atoms with Crippen molar-refractivity contribution in [3.8, 4) is 0 Å². The van der Waals surface area contributed by atoms with Crippen molar-refractivity contribution < 1.29 is 0 Å². The summed E-state index contributed by atoms with van der Waals surface area (Å²) in [5.74, 6) is 4.02. The van der Waals surface area contributed by atoms with E-state index in [1.807, 2.05) is 26.1 Å². The molecule has 2 nitrogen and oxygen atoms in total. The lowest BCUT2D eigenvalue weighted by atomic mass is 10.1. The molecule has 0 radical (unpaired) electrons. The smallest absolute Gasteiger partial charge is 0.0560 e. The molecular weight excluding hydrogens is 184 g/mol. The maximum atomic E-state index is 4.11. The third kappa shape index (κ3) is 6.14. The van der Waals surface area contributed by atoms with E-state index in [0.717, 1.165) is 13.0 Å². The molecule has 1 N–H and O–H groups in total. The minimum atomic E-state index is 0.513. The van der Waals surface area contributed by atoms with Gasteiger partial charge in [-0.2, -0.15) is 0 Å². The average molecular weight is 208 g/mol. The van der Waals surface area contributed by atoms with Crippen LogP contribution in [0.5, 0.6) is 0 Å². The van der Waals surface area contributed by atoms with Crippen molar-refractivity contribution in [1.82, 2.24) is 5.32 Å². The molecule has 0 saturated carbocycles. The maximum Gasteiger partial charge on any atom is 0.0560 e. The highest BCUT2D eigenvalue weighted by molar-refractivity contribution is 5.53. The molecule has 86 valence electrons. The number of hydrogen-bond donors (Lipinski definition) is 1. The third-order valence-corrected chi connectivity index (χ3v) is 2.19. The van der Waals surface area contributed by atoms with Crippen molar-refractivity contribution in [1.29, 1.82) is 0 Å². The summed E-state index contributed by atoms with van der Waals surface area (Å²) in [5, 5.41) is 3.40. The van der Waals surface area contributed by atoms with E-state index in [9.17, 15) is 0 Å². The molecule has 0 fully saturated rings. The Bertz CT molecular complexity index is 245. The second kappa shape index (κ2) is 8.31. The minimum absolute atomic E-state index is 0.513. The van der Waals surface area contributed by atoms with Gasteiger partial charge in [0.1, 0.15) is 0 Å². The lowest BCUT2D eigenvalue weighted by Crippen LogP contribution is -2.19. The topological polar surface area (TPSA) is 24.4 Å². The van der Waals surface area contributed by atoms with Gasteiger partial charge in [-0.1, -0.05) is 34.6 Å². The summed E-state index contributed by atoms with van der Waals surface area (Å²) in [6, 6.07) is 0. The van der Waals surface area contributed by atoms with Crippen molar-refractivity contribution >= 4 is 5.87 Å². The van der Waals surface area contributed by atoms with Crippen LogP contribution in [0.25, 0.3) is 0 Å². The summed E-state index contributed by atoms with van der Waals surface area (Å²) in [7, 11) is 0. The first-order chi connectivity index (χ1) is 7.20. The van der Waals surface area contributed by atoms with Crippen LogP contribution in [0.1, 0.15) is 41.0 Å². The van der Waals surface area contributed by atoms with E-state index < -0.39 is 0 Å². The van der Waals surface area contributed by atoms with Gasteiger partial charge in [-0.3, -0.25) is 0 Å². The zero-order valence-corrected chi connectivity index (χ0v) is 10.7. The van der Waals surface area contributed by atoms with E-state index in [2.05, 4.69) is 37.0 Å². The molecule has 1 unspecified atom stereocenters. The molecule has 1 heterocycles. The van der Waals surface area contributed by atoms with Gasteiger partial charge in [0.15, 0.2) is 0 Å². The van der Waals surface area contributed by atoms with Crippen LogP contribution in [0, 0.1) is 11.8 Å². The number of rotatable bonds is 1. The summed E-state index contributed by atoms with van der Waals surface area (Å²) >= 11 is 0. The highest BCUT2D eigenvalue weighted by Gasteiger charge is 2.04. The second-order valence-electron chi connectivity index (χ2n) is 3.86. The van der Waals surface area contributed by atoms with E-state index in [0.29, 0.717) is 11.8 Å². The molecule has 0 aliphatic carbocycles. The number of nitrogens with one attached hydrogen (secondary N) is 1. The van der Waals surface area contributed by atoms with Crippen LogP contribution >= 0.6 is 0 Å². The molecule has 0 saturated heterocycles. The van der Waals surface area contributed by atoms with Crippen LogP contribution in [0.2, 0.25) is 0 Å². The van der Waals surface area contributed by atoms with Gasteiger partial charge in [0.05, 0.1) is 6.20 Å². The summed E-state index contributed by atoms with van der Waals surface area (Å²) in [6.07, 6.45) is 5.05. The maximum absolute atomic E-state index is 4.11. The molecule has 15 heavy (non-hydrogen) atoms. The molecule has 2 heteroatoms. The van der Waals surface area contributed by atoms with Crippen LogP contribution in [0.4, 0.5) is 0 Å². The highest BCUT2D eigenvalue weighted by atomic mass is 14.9. The molecule has 1 aliphatic heterocycles. The van der Waals surface area contributed by atoms with Crippen LogP contribution in [0.3, 0.4) is 0 Å². The Kier molecular flexibility index (Phi) is 7.75. The van der Waals surface area contributed by atoms with E-state index >= 15 is 0 Å². The van der Waals surface area contributed by atoms with Gasteiger partial charge >= 0.3 is 0 Å². The Morgan fingerprint density at radius 3 is 2.73 bits per heavy atom. The zero-order chi connectivity index (χ0) is 11.7. The predicted molar refractivity (Wildman–Crippen MR) is 68.1 cm³/mol. The molecule has 0 bridgehead atoms. The summed E-state index contributed by atoms with van der Waals surface area (Å²) in [4.78, 5) is 4.11. The first-order valence-electron chi connectivity index (χ1n) is 5.93. The Hall–Kier alpha value is -1.01. The number of allylic oxidation sites excluding steroid dienone is 2. The van der Waals surface area contributed by atoms with Crippen molar-refractivity contribution in [2.75, 3.05) is 6.54 Å². The van der Waals surface area contributed by atoms with Crippen molar-refractivity contribution in [2.24, 2.45) is 16.8 Å². The van der Waals surface area contributed by atoms with Gasteiger partial charge in [-0.15, -0.1) is 0 Å². The minimum Gasteiger partial charge on any atom is -0.387 e. The Morgan fingerprint density at radius 2 is 2.13 bits per heavy atom. The Labute approximate surface area is 94.2 Å². The first kappa shape index (κ1) is 14.0. The van der Waals surface area contributed by atoms with Crippen LogP contribution in [-0.2, 0) is 0 Å². The average Bonchev–Trinajstić information content (AvgIpc) is 2.33. The Morgan fingerprint density at radius 1 is 1.47 bits per heavy atom. The summed E-state index contributed by atoms with van der Waals surface area (Å²) < 4.78 is 0. The SMILES string of the molecule is CC.CC1C=C=N/C=C(/C(C)C)NCC1. The number of hydrogen-bond acceptors (Lipinski definition) is 2. The van der Waals surface area contributed by atoms with Gasteiger partial charge in [0.2, 0.25) is 0 Å². The molecule has 0 aromatic rings. The summed E-state index contributed by atoms with van der Waals surface area (Å²) in [6.45, 7) is 11.5. The van der Waals surface area contributed by atoms with Gasteiger partial charge in [0, 0.05) is 12.2 Å². The molecule has 1 aliphatic rings. The van der Waals surface area contributed by atoms with Gasteiger partial charge in [-0.25, -0.2) is 4.99 Å². The molecule has 0 aromatic heterocycles. The number of nitrogens with zero attached hydrogens (tertiary/aromatic N) is 1. The van der Waals surface area contributed by atoms with E-state index in [4.69, 9.17) is 0 Å². The van der Waals surface area contributed by atoms with Crippen molar-refractivity contribution in [2.45, 2.75) is 41.0 Å². The molecule has 1 atom stereocenters. The fourth-order valence-corrected chi connectivity index (χ4v) is 1.20.